The first-order chi connectivity index (χ1) is 15.8. The van der Waals surface area contributed by atoms with Crippen LogP contribution in [0.3, 0.4) is 0 Å². The zero-order valence-corrected chi connectivity index (χ0v) is 18.9. The van der Waals surface area contributed by atoms with E-state index in [4.69, 9.17) is 4.52 Å². The van der Waals surface area contributed by atoms with Crippen LogP contribution in [0.25, 0.3) is 17.2 Å². The Bertz CT molecular complexity index is 1260. The maximum absolute atomic E-state index is 12.6. The molecule has 1 amide bonds. The van der Waals surface area contributed by atoms with Crippen LogP contribution in [-0.2, 0) is 7.05 Å². The zero-order valence-electron chi connectivity index (χ0n) is 18.9. The van der Waals surface area contributed by atoms with Crippen LogP contribution in [0.2, 0.25) is 0 Å². The van der Waals surface area contributed by atoms with E-state index in [0.29, 0.717) is 18.3 Å². The number of nitrogens with one attached hydrogen (secondary N) is 1. The Labute approximate surface area is 190 Å². The number of carbonyl (C=O) groups excluding carboxylic acids is 1. The van der Waals surface area contributed by atoms with Gasteiger partial charge in [-0.25, -0.2) is 4.79 Å². The highest BCUT2D eigenvalue weighted by Crippen LogP contribution is 2.15. The lowest BCUT2D eigenvalue weighted by Gasteiger charge is -2.33. The van der Waals surface area contributed by atoms with Crippen LogP contribution in [0.15, 0.2) is 38.4 Å². The molecule has 1 aliphatic rings. The highest BCUT2D eigenvalue weighted by atomic mass is 16.5. The molecule has 0 unspecified atom stereocenters. The number of piperidine rings is 1. The fourth-order valence-corrected chi connectivity index (χ4v) is 3.86. The zero-order chi connectivity index (χ0) is 23.5. The highest BCUT2D eigenvalue weighted by Gasteiger charge is 2.22. The number of hydrogen-bond donors (Lipinski definition) is 1. The lowest BCUT2D eigenvalue weighted by Crippen LogP contribution is -2.42. The third-order valence-corrected chi connectivity index (χ3v) is 5.91. The molecule has 3 aromatic rings. The molecule has 1 atom stereocenters. The maximum atomic E-state index is 12.6. The van der Waals surface area contributed by atoms with Gasteiger partial charge >= 0.3 is 17.5 Å². The Morgan fingerprint density at radius 2 is 1.97 bits per heavy atom. The molecule has 174 valence electrons. The fraction of sp³-hybridized carbons (Fsp3) is 0.455. The van der Waals surface area contributed by atoms with E-state index in [1.54, 1.807) is 12.1 Å². The normalized spacial score (nSPS) is 16.6. The van der Waals surface area contributed by atoms with Gasteiger partial charge in [-0.15, -0.1) is 0 Å². The van der Waals surface area contributed by atoms with Gasteiger partial charge in [-0.3, -0.25) is 19.1 Å². The first kappa shape index (κ1) is 22.6. The van der Waals surface area contributed by atoms with Gasteiger partial charge < -0.3 is 9.84 Å². The highest BCUT2D eigenvalue weighted by molar-refractivity contribution is 5.89. The molecule has 1 aliphatic heterocycles. The molecule has 3 heterocycles. The van der Waals surface area contributed by atoms with Crippen molar-refractivity contribution in [2.75, 3.05) is 19.6 Å². The number of amides is 1. The van der Waals surface area contributed by atoms with Crippen LogP contribution in [-0.4, -0.2) is 61.0 Å². The molecule has 0 bridgehead atoms. The van der Waals surface area contributed by atoms with Gasteiger partial charge in [-0.1, -0.05) is 29.3 Å². The summed E-state index contributed by atoms with van der Waals surface area (Å²) in [5.41, 5.74) is 0.00934. The Hall–Kier alpha value is -3.60. The van der Waals surface area contributed by atoms with Crippen molar-refractivity contribution in [3.63, 3.8) is 0 Å². The minimum absolute atomic E-state index is 0.161. The quantitative estimate of drug-likeness (QED) is 0.583. The number of likely N-dealkylation sites (tertiary alicyclic amines) is 1. The molecule has 0 spiro atoms. The van der Waals surface area contributed by atoms with E-state index in [-0.39, 0.29) is 17.4 Å². The van der Waals surface area contributed by atoms with Crippen LogP contribution in [0, 0.1) is 6.92 Å². The van der Waals surface area contributed by atoms with Crippen LogP contribution in [0.4, 0.5) is 0 Å². The SMILES string of the molecule is Cc1ccc(-n2nc(-c3noc(C(=O)NCCN4CCCC[C@H]4C)n3)c(=O)n(C)c2=O)cc1. The van der Waals surface area contributed by atoms with Gasteiger partial charge in [0.15, 0.2) is 5.69 Å². The van der Waals surface area contributed by atoms with Crippen molar-refractivity contribution in [3.8, 4) is 17.2 Å². The summed E-state index contributed by atoms with van der Waals surface area (Å²) in [5.74, 6) is -0.956. The van der Waals surface area contributed by atoms with Crippen LogP contribution in [0.1, 0.15) is 42.4 Å². The molecule has 0 saturated carbocycles. The fourth-order valence-electron chi connectivity index (χ4n) is 3.86. The third-order valence-electron chi connectivity index (χ3n) is 5.91. The molecule has 11 heteroatoms. The number of carbonyl (C=O) groups is 1. The van der Waals surface area contributed by atoms with Gasteiger partial charge in [0.1, 0.15) is 0 Å². The van der Waals surface area contributed by atoms with E-state index in [0.717, 1.165) is 40.7 Å². The first-order valence-electron chi connectivity index (χ1n) is 11.0. The molecule has 11 nitrogen and oxygen atoms in total. The Morgan fingerprint density at radius 3 is 2.70 bits per heavy atom. The summed E-state index contributed by atoms with van der Waals surface area (Å²) in [6.07, 6.45) is 3.56. The van der Waals surface area contributed by atoms with E-state index in [9.17, 15) is 14.4 Å². The molecule has 4 rings (SSSR count). The summed E-state index contributed by atoms with van der Waals surface area (Å²) in [5, 5.41) is 10.7. The number of aromatic nitrogens is 5. The number of aryl methyl sites for hydroxylation is 1. The van der Waals surface area contributed by atoms with Crippen LogP contribution in [0.5, 0.6) is 0 Å². The van der Waals surface area contributed by atoms with Gasteiger partial charge in [0.25, 0.3) is 5.56 Å². The minimum atomic E-state index is -0.685. The Morgan fingerprint density at radius 1 is 1.21 bits per heavy atom. The smallest absolute Gasteiger partial charge is 0.347 e. The second-order valence-corrected chi connectivity index (χ2v) is 8.30. The molecule has 1 fully saturated rings. The summed E-state index contributed by atoms with van der Waals surface area (Å²) in [6.45, 7) is 6.31. The molecule has 2 aromatic heterocycles. The van der Waals surface area contributed by atoms with E-state index >= 15 is 0 Å². The topological polar surface area (TPSA) is 128 Å². The van der Waals surface area contributed by atoms with E-state index in [2.05, 4.69) is 32.4 Å². The molecular weight excluding hydrogens is 426 g/mol. The molecule has 1 aromatic carbocycles. The lowest BCUT2D eigenvalue weighted by molar-refractivity contribution is 0.0895. The van der Waals surface area contributed by atoms with Crippen LogP contribution >= 0.6 is 0 Å². The van der Waals surface area contributed by atoms with Gasteiger partial charge in [0.2, 0.25) is 5.82 Å². The van der Waals surface area contributed by atoms with Crippen LogP contribution < -0.4 is 16.6 Å². The van der Waals surface area contributed by atoms with Gasteiger partial charge in [0.05, 0.1) is 5.69 Å². The van der Waals surface area contributed by atoms with Crippen molar-refractivity contribution in [3.05, 3.63) is 56.6 Å². The average Bonchev–Trinajstić information content (AvgIpc) is 3.30. The molecule has 1 N–H and O–H groups in total. The molecule has 33 heavy (non-hydrogen) atoms. The van der Waals surface area contributed by atoms with E-state index in [1.807, 2.05) is 19.1 Å². The third kappa shape index (κ3) is 4.77. The predicted molar refractivity (Wildman–Crippen MR) is 120 cm³/mol. The second kappa shape index (κ2) is 9.49. The van der Waals surface area contributed by atoms with Gasteiger partial charge in [-0.2, -0.15) is 14.8 Å². The van der Waals surface area contributed by atoms with Gasteiger partial charge in [-0.05, 0) is 45.4 Å². The lowest BCUT2D eigenvalue weighted by atomic mass is 10.0. The van der Waals surface area contributed by atoms with Crippen molar-refractivity contribution in [2.24, 2.45) is 7.05 Å². The second-order valence-electron chi connectivity index (χ2n) is 8.30. The van der Waals surface area contributed by atoms with Crippen molar-refractivity contribution in [1.82, 2.24) is 34.7 Å². The predicted octanol–water partition coefficient (Wildman–Crippen LogP) is 0.894. The van der Waals surface area contributed by atoms with Crippen molar-refractivity contribution in [2.45, 2.75) is 39.2 Å². The van der Waals surface area contributed by atoms with Crippen molar-refractivity contribution in [1.29, 1.82) is 0 Å². The summed E-state index contributed by atoms with van der Waals surface area (Å²) in [4.78, 5) is 44.1. The van der Waals surface area contributed by atoms with E-state index in [1.165, 1.54) is 13.5 Å². The monoisotopic (exact) mass is 453 g/mol. The Kier molecular flexibility index (Phi) is 6.50. The average molecular weight is 454 g/mol. The summed E-state index contributed by atoms with van der Waals surface area (Å²) < 4.78 is 7.07. The number of hydrogen-bond acceptors (Lipinski definition) is 8. The Balaban J connectivity index is 1.53. The number of nitrogens with zero attached hydrogens (tertiary/aromatic N) is 6. The molecule has 0 radical (unpaired) electrons. The number of rotatable bonds is 6. The molecule has 0 aliphatic carbocycles. The standard InChI is InChI=1S/C22H27N7O4/c1-14-7-9-16(10-8-14)29-22(32)27(3)21(31)17(25-29)18-24-20(33-26-18)19(30)23-11-13-28-12-5-4-6-15(28)2/h7-10,15H,4-6,11-13H2,1-3H3,(H,23,30)/t15-/m1/s1. The number of benzene rings is 1. The van der Waals surface area contributed by atoms with Crippen molar-refractivity contribution >= 4 is 5.91 Å². The molecule has 1 saturated heterocycles. The summed E-state index contributed by atoms with van der Waals surface area (Å²) in [7, 11) is 1.34. The molecular formula is C22H27N7O4. The maximum Gasteiger partial charge on any atom is 0.351 e. The van der Waals surface area contributed by atoms with Gasteiger partial charge in [0, 0.05) is 26.2 Å². The van der Waals surface area contributed by atoms with E-state index < -0.39 is 17.2 Å². The largest absolute Gasteiger partial charge is 0.351 e. The minimum Gasteiger partial charge on any atom is -0.347 e. The van der Waals surface area contributed by atoms with Crippen molar-refractivity contribution < 1.29 is 9.32 Å². The summed E-state index contributed by atoms with van der Waals surface area (Å²) >= 11 is 0. The first-order valence-corrected chi connectivity index (χ1v) is 11.0. The summed E-state index contributed by atoms with van der Waals surface area (Å²) in [6, 6.07) is 7.59.